The highest BCUT2D eigenvalue weighted by molar-refractivity contribution is 7.99. The number of rotatable bonds is 8. The first-order valence-corrected chi connectivity index (χ1v) is 8.17. The van der Waals surface area contributed by atoms with Crippen LogP contribution >= 0.6 is 11.8 Å². The Morgan fingerprint density at radius 2 is 1.92 bits per heavy atom. The number of hydrogen-bond donors (Lipinski definition) is 1. The van der Waals surface area contributed by atoms with Gasteiger partial charge in [-0.15, -0.1) is 11.8 Å². The van der Waals surface area contributed by atoms with Crippen LogP contribution in [0.4, 0.5) is 8.78 Å². The number of ether oxygens (including phenoxy) is 2. The van der Waals surface area contributed by atoms with Gasteiger partial charge in [-0.25, -0.2) is 0 Å². The summed E-state index contributed by atoms with van der Waals surface area (Å²) in [6, 6.07) is 13.9. The van der Waals surface area contributed by atoms with Crippen LogP contribution in [-0.2, 0) is 0 Å². The van der Waals surface area contributed by atoms with Gasteiger partial charge in [-0.1, -0.05) is 18.2 Å². The molecular formula is C17H17F2NO3S. The number of amides is 1. The minimum absolute atomic E-state index is 0.0848. The average Bonchev–Trinajstić information content (AvgIpc) is 2.59. The number of benzene rings is 2. The highest BCUT2D eigenvalue weighted by Gasteiger charge is 2.14. The molecule has 1 N–H and O–H groups in total. The van der Waals surface area contributed by atoms with Gasteiger partial charge < -0.3 is 14.8 Å². The van der Waals surface area contributed by atoms with Crippen molar-refractivity contribution < 1.29 is 23.0 Å². The second kappa shape index (κ2) is 9.12. The standard InChI is InChI=1S/C17H17F2NO3S/c1-22-15-11-12(7-8-14(15)23-17(18)19)16(21)20-9-10-24-13-5-3-2-4-6-13/h2-8,11,17H,9-10H2,1H3,(H,20,21). The van der Waals surface area contributed by atoms with E-state index in [2.05, 4.69) is 10.1 Å². The van der Waals surface area contributed by atoms with Crippen molar-refractivity contribution in [1.82, 2.24) is 5.32 Å². The van der Waals surface area contributed by atoms with Gasteiger partial charge in [0.1, 0.15) is 0 Å². The van der Waals surface area contributed by atoms with Gasteiger partial charge >= 0.3 is 6.61 Å². The van der Waals surface area contributed by atoms with Gasteiger partial charge in [0.05, 0.1) is 7.11 Å². The van der Waals surface area contributed by atoms with Crippen molar-refractivity contribution in [1.29, 1.82) is 0 Å². The summed E-state index contributed by atoms with van der Waals surface area (Å²) in [5.41, 5.74) is 0.318. The SMILES string of the molecule is COc1cc(C(=O)NCCSc2ccccc2)ccc1OC(F)F. The molecule has 24 heavy (non-hydrogen) atoms. The van der Waals surface area contributed by atoms with Crippen LogP contribution in [0, 0.1) is 0 Å². The predicted octanol–water partition coefficient (Wildman–Crippen LogP) is 3.82. The number of carbonyl (C=O) groups is 1. The lowest BCUT2D eigenvalue weighted by Gasteiger charge is -2.11. The maximum absolute atomic E-state index is 12.3. The number of halogens is 2. The summed E-state index contributed by atoms with van der Waals surface area (Å²) in [7, 11) is 1.33. The summed E-state index contributed by atoms with van der Waals surface area (Å²) in [5, 5.41) is 2.78. The molecule has 7 heteroatoms. The minimum atomic E-state index is -2.95. The Morgan fingerprint density at radius 3 is 2.58 bits per heavy atom. The van der Waals surface area contributed by atoms with Crippen LogP contribution in [0.5, 0.6) is 11.5 Å². The lowest BCUT2D eigenvalue weighted by atomic mass is 10.2. The first-order valence-electron chi connectivity index (χ1n) is 7.19. The molecule has 0 radical (unpaired) electrons. The van der Waals surface area contributed by atoms with E-state index in [1.807, 2.05) is 30.3 Å². The molecule has 0 fully saturated rings. The van der Waals surface area contributed by atoms with Gasteiger partial charge in [-0.2, -0.15) is 8.78 Å². The van der Waals surface area contributed by atoms with E-state index in [1.54, 1.807) is 11.8 Å². The van der Waals surface area contributed by atoms with Crippen LogP contribution in [0.2, 0.25) is 0 Å². The number of thioether (sulfide) groups is 1. The Kier molecular flexibility index (Phi) is 6.87. The van der Waals surface area contributed by atoms with Gasteiger partial charge in [0, 0.05) is 22.8 Å². The van der Waals surface area contributed by atoms with Gasteiger partial charge in [-0.05, 0) is 30.3 Å². The van der Waals surface area contributed by atoms with E-state index in [0.717, 1.165) is 10.6 Å². The van der Waals surface area contributed by atoms with Gasteiger partial charge in [0.25, 0.3) is 5.91 Å². The molecule has 1 amide bonds. The first-order chi connectivity index (χ1) is 11.6. The molecule has 0 saturated heterocycles. The van der Waals surface area contributed by atoms with Gasteiger partial charge in [0.15, 0.2) is 11.5 Å². The second-order valence-electron chi connectivity index (χ2n) is 4.66. The molecule has 4 nitrogen and oxygen atoms in total. The lowest BCUT2D eigenvalue weighted by Crippen LogP contribution is -2.25. The van der Waals surface area contributed by atoms with E-state index in [-0.39, 0.29) is 17.4 Å². The Bertz CT molecular complexity index is 668. The zero-order valence-corrected chi connectivity index (χ0v) is 13.8. The van der Waals surface area contributed by atoms with Crippen molar-refractivity contribution in [2.24, 2.45) is 0 Å². The Balaban J connectivity index is 1.87. The minimum Gasteiger partial charge on any atom is -0.493 e. The van der Waals surface area contributed by atoms with Crippen LogP contribution in [-0.4, -0.2) is 31.9 Å². The largest absolute Gasteiger partial charge is 0.493 e. The fraction of sp³-hybridized carbons (Fsp3) is 0.235. The Hall–Kier alpha value is -2.28. The molecule has 2 aromatic rings. The van der Waals surface area contributed by atoms with E-state index in [4.69, 9.17) is 4.74 Å². The molecule has 0 aromatic heterocycles. The molecule has 2 rings (SSSR count). The Morgan fingerprint density at radius 1 is 1.17 bits per heavy atom. The van der Waals surface area contributed by atoms with Crippen molar-refractivity contribution in [3.63, 3.8) is 0 Å². The molecule has 0 aliphatic heterocycles. The van der Waals surface area contributed by atoms with Crippen LogP contribution in [0.3, 0.4) is 0 Å². The van der Waals surface area contributed by atoms with E-state index in [9.17, 15) is 13.6 Å². The summed E-state index contributed by atoms with van der Waals surface area (Å²) < 4.78 is 33.9. The maximum Gasteiger partial charge on any atom is 0.387 e. The summed E-state index contributed by atoms with van der Waals surface area (Å²) in [6.07, 6.45) is 0. The van der Waals surface area contributed by atoms with Crippen LogP contribution in [0.1, 0.15) is 10.4 Å². The number of alkyl halides is 2. The summed E-state index contributed by atoms with van der Waals surface area (Å²) in [6.45, 7) is -2.47. The molecule has 0 spiro atoms. The highest BCUT2D eigenvalue weighted by Crippen LogP contribution is 2.29. The van der Waals surface area contributed by atoms with Crippen molar-refractivity contribution in [3.8, 4) is 11.5 Å². The summed E-state index contributed by atoms with van der Waals surface area (Å²) >= 11 is 1.63. The zero-order chi connectivity index (χ0) is 17.4. The normalized spacial score (nSPS) is 10.5. The molecule has 0 aliphatic rings. The predicted molar refractivity (Wildman–Crippen MR) is 89.1 cm³/mol. The molecule has 128 valence electrons. The van der Waals surface area contributed by atoms with Crippen molar-refractivity contribution >= 4 is 17.7 Å². The number of carbonyl (C=O) groups excluding carboxylic acids is 1. The van der Waals surface area contributed by atoms with E-state index in [0.29, 0.717) is 12.1 Å². The second-order valence-corrected chi connectivity index (χ2v) is 5.83. The zero-order valence-electron chi connectivity index (χ0n) is 13.0. The Labute approximate surface area is 143 Å². The topological polar surface area (TPSA) is 47.6 Å². The monoisotopic (exact) mass is 353 g/mol. The smallest absolute Gasteiger partial charge is 0.387 e. The third-order valence-corrected chi connectivity index (χ3v) is 4.06. The molecule has 0 aliphatic carbocycles. The molecule has 0 heterocycles. The number of nitrogens with one attached hydrogen (secondary N) is 1. The van der Waals surface area contributed by atoms with Crippen molar-refractivity contribution in [3.05, 3.63) is 54.1 Å². The first kappa shape index (κ1) is 18.1. The lowest BCUT2D eigenvalue weighted by molar-refractivity contribution is -0.0512. The molecular weight excluding hydrogens is 336 g/mol. The average molecular weight is 353 g/mol. The quantitative estimate of drug-likeness (QED) is 0.579. The molecule has 0 atom stereocenters. The van der Waals surface area contributed by atoms with E-state index < -0.39 is 6.61 Å². The van der Waals surface area contributed by atoms with Gasteiger partial charge in [0.2, 0.25) is 0 Å². The van der Waals surface area contributed by atoms with E-state index in [1.165, 1.54) is 25.3 Å². The molecule has 0 bridgehead atoms. The molecule has 0 saturated carbocycles. The van der Waals surface area contributed by atoms with Gasteiger partial charge in [-0.3, -0.25) is 4.79 Å². The molecule has 2 aromatic carbocycles. The third kappa shape index (κ3) is 5.42. The van der Waals surface area contributed by atoms with Crippen molar-refractivity contribution in [2.45, 2.75) is 11.5 Å². The summed E-state index contributed by atoms with van der Waals surface area (Å²) in [5.74, 6) is 0.398. The summed E-state index contributed by atoms with van der Waals surface area (Å²) in [4.78, 5) is 13.2. The third-order valence-electron chi connectivity index (χ3n) is 3.04. The van der Waals surface area contributed by atoms with Crippen LogP contribution in [0.25, 0.3) is 0 Å². The fourth-order valence-electron chi connectivity index (χ4n) is 1.95. The van der Waals surface area contributed by atoms with Crippen LogP contribution < -0.4 is 14.8 Å². The highest BCUT2D eigenvalue weighted by atomic mass is 32.2. The number of hydrogen-bond acceptors (Lipinski definition) is 4. The van der Waals surface area contributed by atoms with Crippen LogP contribution in [0.15, 0.2) is 53.4 Å². The maximum atomic E-state index is 12.3. The number of methoxy groups -OCH3 is 1. The van der Waals surface area contributed by atoms with E-state index >= 15 is 0 Å². The molecule has 0 unspecified atom stereocenters. The van der Waals surface area contributed by atoms with Crippen molar-refractivity contribution in [2.75, 3.05) is 19.4 Å². The fourth-order valence-corrected chi connectivity index (χ4v) is 2.74.